The van der Waals surface area contributed by atoms with Crippen molar-refractivity contribution in [3.8, 4) is 0 Å². The van der Waals surface area contributed by atoms with Crippen molar-refractivity contribution in [3.63, 3.8) is 0 Å². The highest BCUT2D eigenvalue weighted by Gasteiger charge is 2.11. The molecule has 0 radical (unpaired) electrons. The van der Waals surface area contributed by atoms with Crippen LogP contribution in [0, 0.1) is 6.92 Å². The predicted molar refractivity (Wildman–Crippen MR) is 76.0 cm³/mol. The summed E-state index contributed by atoms with van der Waals surface area (Å²) in [5.41, 5.74) is 7.93. The van der Waals surface area contributed by atoms with Gasteiger partial charge in [-0.1, -0.05) is 18.7 Å². The molecule has 2 rings (SSSR count). The number of thioether (sulfide) groups is 1. The fourth-order valence-corrected chi connectivity index (χ4v) is 2.90. The molecule has 0 aromatic carbocycles. The van der Waals surface area contributed by atoms with E-state index in [1.807, 2.05) is 18.7 Å². The Morgan fingerprint density at radius 3 is 2.79 bits per heavy atom. The van der Waals surface area contributed by atoms with Crippen LogP contribution in [0.15, 0.2) is 11.2 Å². The van der Waals surface area contributed by atoms with E-state index < -0.39 is 0 Å². The van der Waals surface area contributed by atoms with Crippen LogP contribution < -0.4 is 5.73 Å². The van der Waals surface area contributed by atoms with E-state index in [-0.39, 0.29) is 0 Å². The highest BCUT2D eigenvalue weighted by molar-refractivity contribution is 7.98. The SMILES string of the molecule is CCc1cc(CSc2nnc(C)n2CCN)n(C)n1. The molecule has 0 aliphatic carbocycles. The maximum atomic E-state index is 5.61. The fourth-order valence-electron chi connectivity index (χ4n) is 1.87. The molecule has 2 N–H and O–H groups in total. The zero-order valence-corrected chi connectivity index (χ0v) is 12.4. The number of nitrogens with zero attached hydrogens (tertiary/aromatic N) is 5. The van der Waals surface area contributed by atoms with Gasteiger partial charge in [-0.05, 0) is 19.4 Å². The van der Waals surface area contributed by atoms with Gasteiger partial charge in [-0.3, -0.25) is 4.68 Å². The minimum atomic E-state index is 0.595. The van der Waals surface area contributed by atoms with Crippen LogP contribution in [0.2, 0.25) is 0 Å². The van der Waals surface area contributed by atoms with Crippen LogP contribution in [-0.4, -0.2) is 31.1 Å². The van der Waals surface area contributed by atoms with E-state index in [0.717, 1.165) is 35.4 Å². The van der Waals surface area contributed by atoms with Gasteiger partial charge in [0.1, 0.15) is 5.82 Å². The van der Waals surface area contributed by atoms with Crippen LogP contribution in [0.1, 0.15) is 24.1 Å². The lowest BCUT2D eigenvalue weighted by molar-refractivity contribution is 0.627. The quantitative estimate of drug-likeness (QED) is 0.803. The summed E-state index contributed by atoms with van der Waals surface area (Å²) in [5, 5.41) is 13.7. The van der Waals surface area contributed by atoms with Gasteiger partial charge in [0, 0.05) is 31.6 Å². The molecule has 0 aliphatic rings. The highest BCUT2D eigenvalue weighted by Crippen LogP contribution is 2.22. The van der Waals surface area contributed by atoms with E-state index in [2.05, 4.69) is 32.9 Å². The Balaban J connectivity index is 2.07. The molecule has 0 unspecified atom stereocenters. The lowest BCUT2D eigenvalue weighted by Crippen LogP contribution is -2.12. The summed E-state index contributed by atoms with van der Waals surface area (Å²) in [6.45, 7) is 5.41. The zero-order valence-electron chi connectivity index (χ0n) is 11.6. The standard InChI is InChI=1S/C12H20N6S/c1-4-10-7-11(17(3)16-10)8-19-12-15-14-9(2)18(12)6-5-13/h7H,4-6,8,13H2,1-3H3. The summed E-state index contributed by atoms with van der Waals surface area (Å²) in [6.07, 6.45) is 0.959. The van der Waals surface area contributed by atoms with Crippen molar-refractivity contribution in [2.75, 3.05) is 6.54 Å². The number of aromatic nitrogens is 5. The Morgan fingerprint density at radius 2 is 2.16 bits per heavy atom. The maximum absolute atomic E-state index is 5.61. The molecule has 0 bridgehead atoms. The van der Waals surface area contributed by atoms with Crippen LogP contribution in [0.5, 0.6) is 0 Å². The molecular formula is C12H20N6S. The summed E-state index contributed by atoms with van der Waals surface area (Å²) in [7, 11) is 1.98. The molecule has 104 valence electrons. The van der Waals surface area contributed by atoms with Crippen molar-refractivity contribution in [2.24, 2.45) is 12.8 Å². The van der Waals surface area contributed by atoms with Gasteiger partial charge in [0.05, 0.1) is 5.69 Å². The third-order valence-corrected chi connectivity index (χ3v) is 3.99. The molecule has 0 aliphatic heterocycles. The lowest BCUT2D eigenvalue weighted by Gasteiger charge is -2.06. The monoisotopic (exact) mass is 280 g/mol. The maximum Gasteiger partial charge on any atom is 0.191 e. The average molecular weight is 280 g/mol. The first-order chi connectivity index (χ1) is 9.15. The third kappa shape index (κ3) is 3.16. The van der Waals surface area contributed by atoms with Crippen LogP contribution in [0.3, 0.4) is 0 Å². The largest absolute Gasteiger partial charge is 0.329 e. The van der Waals surface area contributed by atoms with Gasteiger partial charge in [-0.25, -0.2) is 0 Å². The second kappa shape index (κ2) is 6.21. The number of rotatable bonds is 6. The minimum Gasteiger partial charge on any atom is -0.329 e. The summed E-state index contributed by atoms with van der Waals surface area (Å²) in [4.78, 5) is 0. The first kappa shape index (κ1) is 14.1. The molecule has 0 saturated carbocycles. The predicted octanol–water partition coefficient (Wildman–Crippen LogP) is 1.13. The molecule has 2 aromatic heterocycles. The van der Waals surface area contributed by atoms with Gasteiger partial charge in [0.15, 0.2) is 5.16 Å². The molecule has 0 amide bonds. The van der Waals surface area contributed by atoms with Crippen LogP contribution >= 0.6 is 11.8 Å². The summed E-state index contributed by atoms with van der Waals surface area (Å²) in [6, 6.07) is 2.14. The number of nitrogens with two attached hydrogens (primary N) is 1. The summed E-state index contributed by atoms with van der Waals surface area (Å²) in [5.74, 6) is 1.75. The molecule has 7 heteroatoms. The Kier molecular flexibility index (Phi) is 4.60. The smallest absolute Gasteiger partial charge is 0.191 e. The lowest BCUT2D eigenvalue weighted by atomic mass is 10.3. The second-order valence-electron chi connectivity index (χ2n) is 4.36. The van der Waals surface area contributed by atoms with Crippen molar-refractivity contribution >= 4 is 11.8 Å². The van der Waals surface area contributed by atoms with Crippen molar-refractivity contribution in [1.29, 1.82) is 0 Å². The minimum absolute atomic E-state index is 0.595. The van der Waals surface area contributed by atoms with Crippen molar-refractivity contribution in [1.82, 2.24) is 24.5 Å². The molecule has 6 nitrogen and oxygen atoms in total. The molecule has 0 fully saturated rings. The van der Waals surface area contributed by atoms with Crippen molar-refractivity contribution < 1.29 is 0 Å². The number of hydrogen-bond acceptors (Lipinski definition) is 5. The first-order valence-corrected chi connectivity index (χ1v) is 7.38. The Hall–Kier alpha value is -1.34. The van der Waals surface area contributed by atoms with Gasteiger partial charge in [0.2, 0.25) is 0 Å². The zero-order chi connectivity index (χ0) is 13.8. The van der Waals surface area contributed by atoms with Gasteiger partial charge >= 0.3 is 0 Å². The van der Waals surface area contributed by atoms with E-state index in [1.54, 1.807) is 11.8 Å². The van der Waals surface area contributed by atoms with Gasteiger partial charge in [-0.15, -0.1) is 10.2 Å². The third-order valence-electron chi connectivity index (χ3n) is 2.99. The summed E-state index contributed by atoms with van der Waals surface area (Å²) >= 11 is 1.67. The first-order valence-electron chi connectivity index (χ1n) is 6.40. The van der Waals surface area contributed by atoms with Crippen molar-refractivity contribution in [2.45, 2.75) is 37.7 Å². The van der Waals surface area contributed by atoms with Gasteiger partial charge < -0.3 is 10.3 Å². The van der Waals surface area contributed by atoms with Crippen LogP contribution in [0.25, 0.3) is 0 Å². The average Bonchev–Trinajstić information content (AvgIpc) is 2.93. The Bertz CT molecular complexity index is 544. The molecule has 2 aromatic rings. The highest BCUT2D eigenvalue weighted by atomic mass is 32.2. The fraction of sp³-hybridized carbons (Fsp3) is 0.583. The van der Waals surface area contributed by atoms with Crippen molar-refractivity contribution in [3.05, 3.63) is 23.3 Å². The van der Waals surface area contributed by atoms with Crippen LogP contribution in [-0.2, 0) is 25.8 Å². The van der Waals surface area contributed by atoms with Gasteiger partial charge in [0.25, 0.3) is 0 Å². The van der Waals surface area contributed by atoms with E-state index in [0.29, 0.717) is 6.54 Å². The Labute approximate surface area is 117 Å². The number of aryl methyl sites for hydroxylation is 3. The number of hydrogen-bond donors (Lipinski definition) is 1. The summed E-state index contributed by atoms with van der Waals surface area (Å²) < 4.78 is 3.99. The normalized spacial score (nSPS) is 11.2. The van der Waals surface area contributed by atoms with Gasteiger partial charge in [-0.2, -0.15) is 5.10 Å². The molecular weight excluding hydrogens is 260 g/mol. The molecule has 19 heavy (non-hydrogen) atoms. The second-order valence-corrected chi connectivity index (χ2v) is 5.31. The van der Waals surface area contributed by atoms with Crippen LogP contribution in [0.4, 0.5) is 0 Å². The topological polar surface area (TPSA) is 74.6 Å². The molecule has 0 atom stereocenters. The van der Waals surface area contributed by atoms with E-state index in [9.17, 15) is 0 Å². The van der Waals surface area contributed by atoms with E-state index in [4.69, 9.17) is 5.73 Å². The molecule has 0 spiro atoms. The molecule has 0 saturated heterocycles. The van der Waals surface area contributed by atoms with E-state index in [1.165, 1.54) is 5.69 Å². The Morgan fingerprint density at radius 1 is 1.37 bits per heavy atom. The molecule has 2 heterocycles. The van der Waals surface area contributed by atoms with E-state index >= 15 is 0 Å².